The third-order valence-electron chi connectivity index (χ3n) is 4.93. The first-order valence-corrected chi connectivity index (χ1v) is 9.34. The third kappa shape index (κ3) is 2.80. The monoisotopic (exact) mass is 394 g/mol. The molecule has 1 aromatic rings. The molecule has 0 unspecified atom stereocenters. The van der Waals surface area contributed by atoms with Crippen LogP contribution in [0, 0.1) is 0 Å². The van der Waals surface area contributed by atoms with Gasteiger partial charge in [-0.15, -0.1) is 0 Å². The molecule has 2 heterocycles. The van der Waals surface area contributed by atoms with Crippen molar-refractivity contribution in [3.63, 3.8) is 0 Å². The summed E-state index contributed by atoms with van der Waals surface area (Å²) in [4.78, 5) is 49.0. The summed E-state index contributed by atoms with van der Waals surface area (Å²) in [7, 11) is -1.75. The van der Waals surface area contributed by atoms with E-state index in [4.69, 9.17) is 0 Å². The van der Waals surface area contributed by atoms with Gasteiger partial charge in [-0.1, -0.05) is 30.3 Å². The van der Waals surface area contributed by atoms with Crippen LogP contribution in [0.2, 0.25) is 0 Å². The second-order valence-electron chi connectivity index (χ2n) is 6.95. The van der Waals surface area contributed by atoms with E-state index in [0.29, 0.717) is 0 Å². The zero-order valence-corrected chi connectivity index (χ0v) is 15.3. The van der Waals surface area contributed by atoms with Gasteiger partial charge in [0, 0.05) is 0 Å². The second-order valence-corrected chi connectivity index (χ2v) is 9.08. The number of carboxylic acid groups (broad SMARTS) is 2. The number of aliphatic carboxylic acids is 2. The predicted molar refractivity (Wildman–Crippen MR) is 93.0 cm³/mol. The summed E-state index contributed by atoms with van der Waals surface area (Å²) >= 11 is 0. The number of hydrogen-bond donors (Lipinski definition) is 3. The maximum Gasteiger partial charge on any atom is 0.328 e. The van der Waals surface area contributed by atoms with Crippen molar-refractivity contribution < 1.29 is 33.6 Å². The lowest BCUT2D eigenvalue weighted by molar-refractivity contribution is -0.161. The quantitative estimate of drug-likeness (QED) is 0.452. The lowest BCUT2D eigenvalue weighted by Gasteiger charge is -2.43. The number of benzene rings is 1. The van der Waals surface area contributed by atoms with E-state index in [1.54, 1.807) is 18.2 Å². The molecule has 3 N–H and O–H groups in total. The van der Waals surface area contributed by atoms with Crippen molar-refractivity contribution in [3.8, 4) is 0 Å². The topological polar surface area (TPSA) is 141 Å². The highest BCUT2D eigenvalue weighted by atomic mass is 32.2. The van der Waals surface area contributed by atoms with E-state index in [-0.39, 0.29) is 5.56 Å². The number of nitrogens with zero attached hydrogens (tertiary/aromatic N) is 1. The van der Waals surface area contributed by atoms with Gasteiger partial charge in [0.1, 0.15) is 17.5 Å². The normalized spacial score (nSPS) is 29.4. The Hall–Kier alpha value is -2.75. The Kier molecular flexibility index (Phi) is 4.54. The Labute approximate surface area is 156 Å². The molecule has 5 atom stereocenters. The average molecular weight is 394 g/mol. The molecule has 0 saturated carbocycles. The van der Waals surface area contributed by atoms with Gasteiger partial charge in [0.25, 0.3) is 0 Å². The number of nitrogens with one attached hydrogen (secondary N) is 1. The Morgan fingerprint density at radius 1 is 1.19 bits per heavy atom. The molecule has 2 saturated heterocycles. The molecule has 0 radical (unpaired) electrons. The van der Waals surface area contributed by atoms with Crippen LogP contribution >= 0.6 is 0 Å². The van der Waals surface area contributed by atoms with E-state index in [0.717, 1.165) is 4.90 Å². The molecule has 2 aliphatic rings. The highest BCUT2D eigenvalue weighted by molar-refractivity contribution is 7.87. The molecular weight excluding hydrogens is 376 g/mol. The van der Waals surface area contributed by atoms with Crippen molar-refractivity contribution in [1.82, 2.24) is 10.2 Å². The number of rotatable bonds is 5. The first-order chi connectivity index (χ1) is 12.6. The molecule has 27 heavy (non-hydrogen) atoms. The van der Waals surface area contributed by atoms with Crippen LogP contribution in [0.15, 0.2) is 30.3 Å². The third-order valence-corrected chi connectivity index (χ3v) is 7.13. The molecule has 0 aliphatic carbocycles. The first-order valence-electron chi connectivity index (χ1n) is 8.12. The highest BCUT2D eigenvalue weighted by Gasteiger charge is 2.68. The SMILES string of the molecule is CC1(C)[C@@H](C(=O)O)N2C(=O)[C@@H](NC(=O)[C@@H](C(=O)O)c3ccccc3)[C@@H]2[S@]1=O. The number of carbonyl (C=O) groups excluding carboxylic acids is 2. The Balaban J connectivity index is 1.84. The van der Waals surface area contributed by atoms with Gasteiger partial charge in [-0.05, 0) is 19.4 Å². The Morgan fingerprint density at radius 3 is 2.30 bits per heavy atom. The fourth-order valence-electron chi connectivity index (χ4n) is 3.58. The summed E-state index contributed by atoms with van der Waals surface area (Å²) in [5.41, 5.74) is 0.238. The van der Waals surface area contributed by atoms with E-state index in [9.17, 15) is 33.6 Å². The minimum absolute atomic E-state index is 0.238. The van der Waals surface area contributed by atoms with Crippen LogP contribution in [-0.2, 0) is 30.0 Å². The van der Waals surface area contributed by atoms with E-state index in [2.05, 4.69) is 5.32 Å². The summed E-state index contributed by atoms with van der Waals surface area (Å²) in [6, 6.07) is 5.31. The van der Waals surface area contributed by atoms with Gasteiger partial charge in [0.05, 0.1) is 15.5 Å². The molecule has 1 aromatic carbocycles. The molecule has 2 aliphatic heterocycles. The van der Waals surface area contributed by atoms with Gasteiger partial charge in [-0.25, -0.2) is 4.79 Å². The zero-order valence-electron chi connectivity index (χ0n) is 14.5. The number of amides is 2. The van der Waals surface area contributed by atoms with Crippen LogP contribution in [0.3, 0.4) is 0 Å². The summed E-state index contributed by atoms with van der Waals surface area (Å²) in [5, 5.41) is 20.2. The van der Waals surface area contributed by atoms with Crippen molar-refractivity contribution in [2.45, 2.75) is 42.0 Å². The van der Waals surface area contributed by atoms with Gasteiger partial charge in [0.15, 0.2) is 5.92 Å². The minimum atomic E-state index is -1.75. The van der Waals surface area contributed by atoms with Crippen LogP contribution in [-0.4, -0.2) is 65.3 Å². The minimum Gasteiger partial charge on any atom is -0.480 e. The molecule has 144 valence electrons. The maximum atomic E-state index is 12.7. The summed E-state index contributed by atoms with van der Waals surface area (Å²) in [6.45, 7) is 2.97. The lowest BCUT2D eigenvalue weighted by Crippen LogP contribution is -2.72. The number of fused-ring (bicyclic) bond motifs is 1. The van der Waals surface area contributed by atoms with Crippen LogP contribution < -0.4 is 5.32 Å². The number of carboxylic acids is 2. The average Bonchev–Trinajstić information content (AvgIpc) is 2.78. The van der Waals surface area contributed by atoms with E-state index < -0.39 is 62.7 Å². The molecule has 2 amide bonds. The summed E-state index contributed by atoms with van der Waals surface area (Å²) < 4.78 is 11.5. The predicted octanol–water partition coefficient (Wildman–Crippen LogP) is -0.498. The first kappa shape index (κ1) is 19.0. The number of carbonyl (C=O) groups is 4. The Bertz CT molecular complexity index is 854. The fourth-order valence-corrected chi connectivity index (χ4v) is 5.50. The highest BCUT2D eigenvalue weighted by Crippen LogP contribution is 2.43. The van der Waals surface area contributed by atoms with Gasteiger partial charge in [0.2, 0.25) is 11.8 Å². The zero-order chi connectivity index (χ0) is 20.1. The maximum absolute atomic E-state index is 12.7. The molecule has 3 rings (SSSR count). The van der Waals surface area contributed by atoms with Gasteiger partial charge in [-0.2, -0.15) is 0 Å². The molecule has 9 nitrogen and oxygen atoms in total. The molecule has 0 bridgehead atoms. The van der Waals surface area contributed by atoms with Gasteiger partial charge >= 0.3 is 11.9 Å². The standard InChI is InChI=1S/C17H18N2O7S/c1-17(2)11(16(24)25)19-13(21)10(14(19)27(17)26)18-12(20)9(15(22)23)8-6-4-3-5-7-8/h3-7,9-11,14H,1-2H3,(H,18,20)(H,22,23)(H,24,25)/t9-,10+,11+,14-,27+/m0/s1. The molecule has 0 spiro atoms. The molecule has 0 aromatic heterocycles. The van der Waals surface area contributed by atoms with Crippen molar-refractivity contribution >= 4 is 34.6 Å². The summed E-state index contributed by atoms with van der Waals surface area (Å²) in [6.07, 6.45) is 0. The van der Waals surface area contributed by atoms with Crippen LogP contribution in [0.1, 0.15) is 25.3 Å². The van der Waals surface area contributed by atoms with Crippen LogP contribution in [0.5, 0.6) is 0 Å². The molecule has 10 heteroatoms. The molecular formula is C17H18N2O7S. The van der Waals surface area contributed by atoms with Crippen molar-refractivity contribution in [3.05, 3.63) is 35.9 Å². The summed E-state index contributed by atoms with van der Waals surface area (Å²) in [5.74, 6) is -5.80. The van der Waals surface area contributed by atoms with Crippen LogP contribution in [0.4, 0.5) is 0 Å². The molecule has 2 fully saturated rings. The van der Waals surface area contributed by atoms with E-state index >= 15 is 0 Å². The van der Waals surface area contributed by atoms with E-state index in [1.807, 2.05) is 0 Å². The van der Waals surface area contributed by atoms with E-state index in [1.165, 1.54) is 26.0 Å². The van der Waals surface area contributed by atoms with Crippen molar-refractivity contribution in [1.29, 1.82) is 0 Å². The second kappa shape index (κ2) is 6.45. The largest absolute Gasteiger partial charge is 0.480 e. The number of β-lactam (4-membered cyclic amide) rings is 1. The van der Waals surface area contributed by atoms with Gasteiger partial charge < -0.3 is 20.4 Å². The van der Waals surface area contributed by atoms with Crippen molar-refractivity contribution in [2.24, 2.45) is 0 Å². The fraction of sp³-hybridized carbons (Fsp3) is 0.412. The van der Waals surface area contributed by atoms with Gasteiger partial charge in [-0.3, -0.25) is 18.6 Å². The van der Waals surface area contributed by atoms with Crippen molar-refractivity contribution in [2.75, 3.05) is 0 Å². The van der Waals surface area contributed by atoms with Crippen LogP contribution in [0.25, 0.3) is 0 Å². The smallest absolute Gasteiger partial charge is 0.328 e. The lowest BCUT2D eigenvalue weighted by atomic mass is 9.94. The number of hydrogen-bond acceptors (Lipinski definition) is 5. The Morgan fingerprint density at radius 2 is 1.78 bits per heavy atom.